The van der Waals surface area contributed by atoms with Gasteiger partial charge in [0.15, 0.2) is 33.3 Å². The van der Waals surface area contributed by atoms with E-state index in [9.17, 15) is 0 Å². The zero-order chi connectivity index (χ0) is 26.0. The lowest BCUT2D eigenvalue weighted by Gasteiger charge is -2.52. The molecule has 0 aromatic carbocycles. The number of hydrogen-bond donors (Lipinski definition) is 0. The van der Waals surface area contributed by atoms with Crippen LogP contribution in [0.4, 0.5) is 0 Å². The highest BCUT2D eigenvalue weighted by Crippen LogP contribution is 2.39. The predicted molar refractivity (Wildman–Crippen MR) is 155 cm³/mol. The monoisotopic (exact) mass is 571 g/mol. The highest BCUT2D eigenvalue weighted by molar-refractivity contribution is 7.99. The third-order valence-electron chi connectivity index (χ3n) is 4.74. The van der Waals surface area contributed by atoms with Gasteiger partial charge in [0.25, 0.3) is 0 Å². The van der Waals surface area contributed by atoms with Crippen molar-refractivity contribution in [3.05, 3.63) is 0 Å². The van der Waals surface area contributed by atoms with Crippen LogP contribution in [0.15, 0.2) is 4.74 Å². The average molecular weight is 572 g/mol. The average Bonchev–Trinajstić information content (AvgIpc) is 2.55. The molecule has 0 amide bonds. The fourth-order valence-corrected chi connectivity index (χ4v) is 9.66. The molecule has 0 N–H and O–H groups in total. The maximum Gasteiger partial charge on any atom is 0.184 e. The third kappa shape index (κ3) is 11.4. The molecule has 0 spiro atoms. The SMILES string of the molecule is CS[C@H]1O[C@H]([C@H](N=P)[C@@H](C)O[Si](C)(C)C)[C@H](O[Si](C)(C)C)[C@H](O[Si](C)(C)C)[C@H]1O[Si](C)(C)C. The standard InChI is InChI=1S/C21H50NO5PSSi4/c1-15(24-30(3,4)5)16(22-28)17-18(25-31(6,7)8)19(26-32(9,10)11)20(21(23-17)29-2)27-33(12,13)14/h15-21,28H,1-14H3/t15-,16-,17-,18+,19+,20-,21-/m1/s1. The second kappa shape index (κ2) is 12.1. The minimum atomic E-state index is -1.95. The molecule has 7 atom stereocenters. The molecular formula is C21H50NO5PSSi4. The van der Waals surface area contributed by atoms with Crippen molar-refractivity contribution in [2.45, 2.75) is 127 Å². The Morgan fingerprint density at radius 1 is 0.727 bits per heavy atom. The molecule has 0 unspecified atom stereocenters. The number of rotatable bonds is 12. The minimum Gasteiger partial charge on any atom is -0.413 e. The Morgan fingerprint density at radius 3 is 1.52 bits per heavy atom. The molecule has 0 aromatic rings. The predicted octanol–water partition coefficient (Wildman–Crippen LogP) is 6.67. The summed E-state index contributed by atoms with van der Waals surface area (Å²) in [6, 6.07) is -0.232. The molecule has 1 saturated heterocycles. The summed E-state index contributed by atoms with van der Waals surface area (Å²) >= 11 is 1.68. The Morgan fingerprint density at radius 2 is 1.15 bits per heavy atom. The number of nitrogens with zero attached hydrogens (tertiary/aromatic N) is 1. The zero-order valence-corrected chi connectivity index (χ0v) is 29.3. The minimum absolute atomic E-state index is 0.114. The van der Waals surface area contributed by atoms with E-state index in [1.807, 2.05) is 0 Å². The highest BCUT2D eigenvalue weighted by atomic mass is 32.2. The van der Waals surface area contributed by atoms with Gasteiger partial charge >= 0.3 is 0 Å². The van der Waals surface area contributed by atoms with Crippen molar-refractivity contribution in [3.63, 3.8) is 0 Å². The Kier molecular flexibility index (Phi) is 11.8. The van der Waals surface area contributed by atoms with E-state index in [-0.39, 0.29) is 42.0 Å². The molecule has 1 aliphatic heterocycles. The molecule has 12 heteroatoms. The van der Waals surface area contributed by atoms with Crippen LogP contribution in [0.5, 0.6) is 0 Å². The molecule has 196 valence electrons. The largest absolute Gasteiger partial charge is 0.413 e. The van der Waals surface area contributed by atoms with Crippen LogP contribution in [0, 0.1) is 0 Å². The smallest absolute Gasteiger partial charge is 0.184 e. The van der Waals surface area contributed by atoms with Crippen LogP contribution in [0.2, 0.25) is 78.6 Å². The van der Waals surface area contributed by atoms with Crippen molar-refractivity contribution < 1.29 is 22.4 Å². The van der Waals surface area contributed by atoms with Gasteiger partial charge in [-0.25, -0.2) is 0 Å². The molecule has 1 fully saturated rings. The normalized spacial score (nSPS) is 29.6. The lowest BCUT2D eigenvalue weighted by molar-refractivity contribution is -0.191. The van der Waals surface area contributed by atoms with Crippen molar-refractivity contribution in [1.82, 2.24) is 0 Å². The number of hydrogen-bond acceptors (Lipinski definition) is 7. The van der Waals surface area contributed by atoms with Crippen molar-refractivity contribution in [2.24, 2.45) is 4.74 Å². The first kappa shape index (κ1) is 32.1. The Labute approximate surface area is 214 Å². The molecule has 0 bridgehead atoms. The molecule has 1 rings (SSSR count). The summed E-state index contributed by atoms with van der Waals surface area (Å²) in [7, 11) is -4.04. The Hall–Kier alpha value is 1.12. The van der Waals surface area contributed by atoms with Gasteiger partial charge < -0.3 is 22.4 Å². The molecule has 1 aliphatic rings. The van der Waals surface area contributed by atoms with Gasteiger partial charge in [-0.3, -0.25) is 4.74 Å². The van der Waals surface area contributed by atoms with E-state index in [0.717, 1.165) is 0 Å². The van der Waals surface area contributed by atoms with E-state index in [1.165, 1.54) is 0 Å². The van der Waals surface area contributed by atoms with Gasteiger partial charge in [0, 0.05) is 0 Å². The van der Waals surface area contributed by atoms with Gasteiger partial charge in [-0.05, 0) is 101 Å². The quantitative estimate of drug-likeness (QED) is 0.193. The third-order valence-corrected chi connectivity index (χ3v) is 9.90. The van der Waals surface area contributed by atoms with E-state index in [2.05, 4.69) is 106 Å². The van der Waals surface area contributed by atoms with Crippen LogP contribution < -0.4 is 0 Å². The number of thioether (sulfide) groups is 1. The summed E-state index contributed by atoms with van der Waals surface area (Å²) < 4.78 is 38.3. The first-order chi connectivity index (χ1) is 14.7. The Balaban J connectivity index is 3.57. The van der Waals surface area contributed by atoms with E-state index >= 15 is 0 Å². The molecule has 0 aliphatic carbocycles. The molecule has 6 nitrogen and oxygen atoms in total. The fourth-order valence-electron chi connectivity index (χ4n) is 3.99. The second-order valence-electron chi connectivity index (χ2n) is 12.8. The van der Waals surface area contributed by atoms with Gasteiger partial charge in [0.2, 0.25) is 0 Å². The van der Waals surface area contributed by atoms with Gasteiger partial charge in [-0.1, -0.05) is 0 Å². The maximum atomic E-state index is 6.88. The van der Waals surface area contributed by atoms with Crippen molar-refractivity contribution in [1.29, 1.82) is 0 Å². The summed E-state index contributed by atoms with van der Waals surface area (Å²) in [5.74, 6) is 0. The van der Waals surface area contributed by atoms with Crippen molar-refractivity contribution in [2.75, 3.05) is 6.26 Å². The van der Waals surface area contributed by atoms with Gasteiger partial charge in [0.1, 0.15) is 35.9 Å². The van der Waals surface area contributed by atoms with Crippen LogP contribution in [0.25, 0.3) is 0 Å². The molecular weight excluding hydrogens is 522 g/mol. The van der Waals surface area contributed by atoms with Crippen molar-refractivity contribution in [3.8, 4) is 0 Å². The van der Waals surface area contributed by atoms with Crippen LogP contribution >= 0.6 is 20.8 Å². The molecule has 1 heterocycles. The molecule has 0 saturated carbocycles. The van der Waals surface area contributed by atoms with E-state index in [0.29, 0.717) is 0 Å². The van der Waals surface area contributed by atoms with Crippen LogP contribution in [0.1, 0.15) is 6.92 Å². The lowest BCUT2D eigenvalue weighted by atomic mass is 9.93. The fraction of sp³-hybridized carbons (Fsp3) is 1.00. The topological polar surface area (TPSA) is 58.5 Å². The summed E-state index contributed by atoms with van der Waals surface area (Å²) in [6.45, 7) is 28.7. The first-order valence-corrected chi connectivity index (χ1v) is 27.3. The highest BCUT2D eigenvalue weighted by Gasteiger charge is 2.54. The Bertz CT molecular complexity index is 636. The van der Waals surface area contributed by atoms with Crippen LogP contribution in [-0.2, 0) is 22.4 Å². The summed E-state index contributed by atoms with van der Waals surface area (Å²) in [5.41, 5.74) is -0.167. The summed E-state index contributed by atoms with van der Waals surface area (Å²) in [4.78, 5) is 0. The van der Waals surface area contributed by atoms with E-state index in [1.54, 1.807) is 11.8 Å². The van der Waals surface area contributed by atoms with E-state index < -0.39 is 33.3 Å². The first-order valence-electron chi connectivity index (χ1n) is 11.9. The lowest BCUT2D eigenvalue weighted by Crippen LogP contribution is -2.67. The van der Waals surface area contributed by atoms with Gasteiger partial charge in [-0.2, -0.15) is 0 Å². The second-order valence-corrected chi connectivity index (χ2v) is 31.9. The molecule has 33 heavy (non-hydrogen) atoms. The summed E-state index contributed by atoms with van der Waals surface area (Å²) in [5, 5.41) is 0. The zero-order valence-electron chi connectivity index (χ0n) is 23.4. The molecule has 0 aromatic heterocycles. The van der Waals surface area contributed by atoms with Gasteiger partial charge in [0.05, 0.1) is 6.10 Å². The molecule has 0 radical (unpaired) electrons. The maximum absolute atomic E-state index is 6.88. The van der Waals surface area contributed by atoms with Crippen LogP contribution in [-0.4, -0.2) is 81.5 Å². The van der Waals surface area contributed by atoms with Crippen LogP contribution in [0.3, 0.4) is 0 Å². The van der Waals surface area contributed by atoms with Gasteiger partial charge in [-0.15, -0.1) is 11.8 Å². The summed E-state index contributed by atoms with van der Waals surface area (Å²) in [6.07, 6.45) is 0.958. The number of ether oxygens (including phenoxy) is 1. The van der Waals surface area contributed by atoms with E-state index in [4.69, 9.17) is 22.4 Å². The van der Waals surface area contributed by atoms with Crippen molar-refractivity contribution >= 4 is 54.1 Å².